The Labute approximate surface area is 95.8 Å². The van der Waals surface area contributed by atoms with Crippen LogP contribution >= 0.6 is 0 Å². The molecule has 0 bridgehead atoms. The zero-order valence-corrected chi connectivity index (χ0v) is 9.96. The molecule has 4 heteroatoms. The van der Waals surface area contributed by atoms with Gasteiger partial charge in [-0.25, -0.2) is 9.82 Å². The summed E-state index contributed by atoms with van der Waals surface area (Å²) in [5.74, 6) is 5.21. The first-order valence-corrected chi connectivity index (χ1v) is 5.37. The van der Waals surface area contributed by atoms with Crippen molar-refractivity contribution < 1.29 is 9.13 Å². The maximum absolute atomic E-state index is 13.6. The Morgan fingerprint density at radius 2 is 2.06 bits per heavy atom. The highest BCUT2D eigenvalue weighted by molar-refractivity contribution is 5.23. The number of ether oxygens (including phenoxy) is 1. The summed E-state index contributed by atoms with van der Waals surface area (Å²) in [6.07, 6.45) is 0. The van der Waals surface area contributed by atoms with E-state index in [1.54, 1.807) is 18.2 Å². The number of halogens is 1. The van der Waals surface area contributed by atoms with E-state index in [-0.39, 0.29) is 11.9 Å². The molecule has 0 aromatic heterocycles. The standard InChI is InChI=1S/C12H19FN2O/c1-4-16-12(2,3)11(15-14)9-7-5-6-8-10(9)13/h5-8,11,15H,4,14H2,1-3H3. The molecule has 0 fully saturated rings. The van der Waals surface area contributed by atoms with Crippen LogP contribution in [-0.4, -0.2) is 12.2 Å². The zero-order valence-electron chi connectivity index (χ0n) is 9.96. The van der Waals surface area contributed by atoms with Gasteiger partial charge in [-0.2, -0.15) is 0 Å². The molecule has 0 aliphatic carbocycles. The molecule has 16 heavy (non-hydrogen) atoms. The van der Waals surface area contributed by atoms with E-state index in [2.05, 4.69) is 5.43 Å². The minimum atomic E-state index is -0.564. The fourth-order valence-electron chi connectivity index (χ4n) is 1.83. The second-order valence-corrected chi connectivity index (χ2v) is 4.16. The van der Waals surface area contributed by atoms with Crippen LogP contribution in [0.2, 0.25) is 0 Å². The van der Waals surface area contributed by atoms with Crippen molar-refractivity contribution in [2.75, 3.05) is 6.61 Å². The molecular formula is C12H19FN2O. The third-order valence-electron chi connectivity index (χ3n) is 2.59. The first kappa shape index (κ1) is 13.1. The van der Waals surface area contributed by atoms with E-state index in [0.717, 1.165) is 0 Å². The molecule has 3 nitrogen and oxygen atoms in total. The first-order valence-electron chi connectivity index (χ1n) is 5.37. The second-order valence-electron chi connectivity index (χ2n) is 4.16. The predicted octanol–water partition coefficient (Wildman–Crippen LogP) is 2.15. The summed E-state index contributed by atoms with van der Waals surface area (Å²) in [4.78, 5) is 0. The van der Waals surface area contributed by atoms with Gasteiger partial charge < -0.3 is 4.74 Å². The number of nitrogens with two attached hydrogens (primary N) is 1. The lowest BCUT2D eigenvalue weighted by molar-refractivity contribution is -0.0400. The maximum atomic E-state index is 13.6. The molecule has 0 saturated carbocycles. The Balaban J connectivity index is 3.03. The van der Waals surface area contributed by atoms with E-state index in [1.807, 2.05) is 20.8 Å². The topological polar surface area (TPSA) is 47.3 Å². The van der Waals surface area contributed by atoms with Gasteiger partial charge in [0.25, 0.3) is 0 Å². The number of hydrogen-bond acceptors (Lipinski definition) is 3. The van der Waals surface area contributed by atoms with Crippen LogP contribution in [0.5, 0.6) is 0 Å². The summed E-state index contributed by atoms with van der Waals surface area (Å²) in [6, 6.07) is 6.18. The van der Waals surface area contributed by atoms with Gasteiger partial charge in [0.15, 0.2) is 0 Å². The van der Waals surface area contributed by atoms with Crippen molar-refractivity contribution in [2.24, 2.45) is 5.84 Å². The van der Waals surface area contributed by atoms with Gasteiger partial charge in [-0.1, -0.05) is 18.2 Å². The Morgan fingerprint density at radius 3 is 2.56 bits per heavy atom. The van der Waals surface area contributed by atoms with Crippen LogP contribution in [0.4, 0.5) is 4.39 Å². The average molecular weight is 226 g/mol. The van der Waals surface area contributed by atoms with E-state index in [1.165, 1.54) is 6.07 Å². The van der Waals surface area contributed by atoms with Gasteiger partial charge >= 0.3 is 0 Å². The Morgan fingerprint density at radius 1 is 1.44 bits per heavy atom. The lowest BCUT2D eigenvalue weighted by atomic mass is 9.92. The molecule has 3 N–H and O–H groups in total. The molecule has 1 unspecified atom stereocenters. The van der Waals surface area contributed by atoms with Crippen LogP contribution in [-0.2, 0) is 4.74 Å². The van der Waals surface area contributed by atoms with E-state index >= 15 is 0 Å². The Kier molecular flexibility index (Phi) is 4.41. The summed E-state index contributed by atoms with van der Waals surface area (Å²) in [7, 11) is 0. The molecule has 1 aromatic carbocycles. The van der Waals surface area contributed by atoms with Crippen LogP contribution in [0, 0.1) is 5.82 Å². The average Bonchev–Trinajstić information content (AvgIpc) is 2.21. The van der Waals surface area contributed by atoms with Gasteiger partial charge in [0.1, 0.15) is 5.82 Å². The third kappa shape index (κ3) is 2.78. The van der Waals surface area contributed by atoms with Crippen molar-refractivity contribution >= 4 is 0 Å². The maximum Gasteiger partial charge on any atom is 0.128 e. The van der Waals surface area contributed by atoms with Crippen molar-refractivity contribution in [3.8, 4) is 0 Å². The largest absolute Gasteiger partial charge is 0.374 e. The summed E-state index contributed by atoms with van der Waals surface area (Å²) in [5.41, 5.74) is 2.57. The van der Waals surface area contributed by atoms with Crippen molar-refractivity contribution in [1.29, 1.82) is 0 Å². The van der Waals surface area contributed by atoms with Gasteiger partial charge in [-0.3, -0.25) is 5.84 Å². The number of benzene rings is 1. The fraction of sp³-hybridized carbons (Fsp3) is 0.500. The number of hydrogen-bond donors (Lipinski definition) is 2. The molecule has 0 spiro atoms. The van der Waals surface area contributed by atoms with Crippen LogP contribution < -0.4 is 11.3 Å². The summed E-state index contributed by atoms with van der Waals surface area (Å²) in [6.45, 7) is 6.22. The first-order chi connectivity index (χ1) is 7.53. The quantitative estimate of drug-likeness (QED) is 0.597. The fourth-order valence-corrected chi connectivity index (χ4v) is 1.83. The monoisotopic (exact) mass is 226 g/mol. The van der Waals surface area contributed by atoms with E-state index in [0.29, 0.717) is 12.2 Å². The van der Waals surface area contributed by atoms with Gasteiger partial charge in [0, 0.05) is 12.2 Å². The lowest BCUT2D eigenvalue weighted by Gasteiger charge is -2.34. The van der Waals surface area contributed by atoms with E-state index < -0.39 is 5.60 Å². The summed E-state index contributed by atoms with van der Waals surface area (Å²) < 4.78 is 19.2. The van der Waals surface area contributed by atoms with Crippen molar-refractivity contribution in [3.05, 3.63) is 35.6 Å². The number of nitrogens with one attached hydrogen (secondary N) is 1. The highest BCUT2D eigenvalue weighted by Crippen LogP contribution is 2.29. The minimum Gasteiger partial charge on any atom is -0.374 e. The summed E-state index contributed by atoms with van der Waals surface area (Å²) >= 11 is 0. The number of hydrazine groups is 1. The second kappa shape index (κ2) is 5.39. The van der Waals surface area contributed by atoms with Crippen LogP contribution in [0.15, 0.2) is 24.3 Å². The Hall–Kier alpha value is -0.970. The van der Waals surface area contributed by atoms with E-state index in [4.69, 9.17) is 10.6 Å². The molecule has 90 valence electrons. The summed E-state index contributed by atoms with van der Waals surface area (Å²) in [5, 5.41) is 0. The lowest BCUT2D eigenvalue weighted by Crippen LogP contribution is -2.45. The Bertz CT molecular complexity index is 342. The molecule has 0 radical (unpaired) electrons. The van der Waals surface area contributed by atoms with Crippen LogP contribution in [0.3, 0.4) is 0 Å². The van der Waals surface area contributed by atoms with Crippen LogP contribution in [0.1, 0.15) is 32.4 Å². The van der Waals surface area contributed by atoms with Crippen molar-refractivity contribution in [2.45, 2.75) is 32.4 Å². The molecule has 0 saturated heterocycles. The molecule has 1 atom stereocenters. The molecular weight excluding hydrogens is 207 g/mol. The van der Waals surface area contributed by atoms with E-state index in [9.17, 15) is 4.39 Å². The van der Waals surface area contributed by atoms with Crippen LogP contribution in [0.25, 0.3) is 0 Å². The van der Waals surface area contributed by atoms with Crippen molar-refractivity contribution in [1.82, 2.24) is 5.43 Å². The third-order valence-corrected chi connectivity index (χ3v) is 2.59. The SMILES string of the molecule is CCOC(C)(C)C(NN)c1ccccc1F. The molecule has 0 aliphatic rings. The molecule has 0 amide bonds. The molecule has 0 heterocycles. The predicted molar refractivity (Wildman–Crippen MR) is 62.2 cm³/mol. The highest BCUT2D eigenvalue weighted by atomic mass is 19.1. The normalized spacial score (nSPS) is 13.8. The highest BCUT2D eigenvalue weighted by Gasteiger charge is 2.32. The van der Waals surface area contributed by atoms with Crippen molar-refractivity contribution in [3.63, 3.8) is 0 Å². The molecule has 0 aliphatic heterocycles. The van der Waals surface area contributed by atoms with Gasteiger partial charge in [-0.15, -0.1) is 0 Å². The van der Waals surface area contributed by atoms with Gasteiger partial charge in [0.2, 0.25) is 0 Å². The minimum absolute atomic E-state index is 0.279. The van der Waals surface area contributed by atoms with Gasteiger partial charge in [0.05, 0.1) is 11.6 Å². The molecule has 1 rings (SSSR count). The smallest absolute Gasteiger partial charge is 0.128 e. The van der Waals surface area contributed by atoms with Gasteiger partial charge in [-0.05, 0) is 26.8 Å². The number of rotatable bonds is 5. The molecule has 1 aromatic rings. The zero-order chi connectivity index (χ0) is 12.2.